The average molecular weight is 330 g/mol. The number of nitrogens with one attached hydrogen (secondary N) is 2. The van der Waals surface area contributed by atoms with Crippen molar-refractivity contribution in [1.29, 1.82) is 0 Å². The highest BCUT2D eigenvalue weighted by Gasteiger charge is 2.09. The lowest BCUT2D eigenvalue weighted by Gasteiger charge is -2.08. The number of amides is 2. The molecule has 0 atom stereocenters. The number of carbonyl (C=O) groups excluding carboxylic acids is 2. The Hall–Kier alpha value is -2.14. The van der Waals surface area contributed by atoms with Gasteiger partial charge in [0.2, 0.25) is 5.91 Å². The van der Waals surface area contributed by atoms with Gasteiger partial charge in [0, 0.05) is 22.7 Å². The molecule has 0 bridgehead atoms. The number of hydrogen-bond donors (Lipinski definition) is 2. The van der Waals surface area contributed by atoms with Gasteiger partial charge in [0.15, 0.2) is 0 Å². The second-order valence-corrected chi connectivity index (χ2v) is 6.97. The van der Waals surface area contributed by atoms with Crippen LogP contribution in [-0.2, 0) is 11.2 Å². The van der Waals surface area contributed by atoms with E-state index in [2.05, 4.69) is 17.6 Å². The van der Waals surface area contributed by atoms with Crippen LogP contribution >= 0.6 is 11.3 Å². The third kappa shape index (κ3) is 5.21. The summed E-state index contributed by atoms with van der Waals surface area (Å²) in [5.74, 6) is 0.223. The molecular weight excluding hydrogens is 308 g/mol. The van der Waals surface area contributed by atoms with Crippen molar-refractivity contribution in [3.05, 3.63) is 46.2 Å². The van der Waals surface area contributed by atoms with Crippen LogP contribution in [0.15, 0.2) is 36.4 Å². The average Bonchev–Trinajstić information content (AvgIpc) is 2.97. The Morgan fingerprint density at radius 1 is 1.00 bits per heavy atom. The molecule has 0 saturated carbocycles. The van der Waals surface area contributed by atoms with Gasteiger partial charge in [0.1, 0.15) is 0 Å². The summed E-state index contributed by atoms with van der Waals surface area (Å²) in [6.45, 7) is 6.08. The van der Waals surface area contributed by atoms with Crippen LogP contribution in [0, 0.1) is 5.92 Å². The Bertz CT molecular complexity index is 675. The molecule has 0 unspecified atom stereocenters. The number of aryl methyl sites for hydroxylation is 1. The molecule has 1 aromatic carbocycles. The fraction of sp³-hybridized carbons (Fsp3) is 0.333. The van der Waals surface area contributed by atoms with Crippen molar-refractivity contribution in [2.45, 2.75) is 33.6 Å². The van der Waals surface area contributed by atoms with Gasteiger partial charge in [-0.05, 0) is 48.7 Å². The first-order valence-electron chi connectivity index (χ1n) is 7.78. The highest BCUT2D eigenvalue weighted by molar-refractivity contribution is 7.14. The number of thiophene rings is 1. The van der Waals surface area contributed by atoms with Crippen molar-refractivity contribution >= 4 is 34.5 Å². The first-order valence-corrected chi connectivity index (χ1v) is 8.59. The van der Waals surface area contributed by atoms with E-state index >= 15 is 0 Å². The van der Waals surface area contributed by atoms with Gasteiger partial charge in [-0.1, -0.05) is 20.8 Å². The molecule has 2 N–H and O–H groups in total. The minimum absolute atomic E-state index is 0.00228. The van der Waals surface area contributed by atoms with Crippen molar-refractivity contribution in [2.75, 3.05) is 10.6 Å². The number of carbonyl (C=O) groups is 2. The van der Waals surface area contributed by atoms with Gasteiger partial charge in [-0.3, -0.25) is 9.59 Å². The molecule has 0 aliphatic heterocycles. The largest absolute Gasteiger partial charge is 0.326 e. The zero-order valence-electron chi connectivity index (χ0n) is 13.7. The van der Waals surface area contributed by atoms with Gasteiger partial charge < -0.3 is 10.6 Å². The maximum Gasteiger partial charge on any atom is 0.265 e. The van der Waals surface area contributed by atoms with Gasteiger partial charge in [-0.2, -0.15) is 0 Å². The molecule has 0 spiro atoms. The molecule has 2 amide bonds. The zero-order chi connectivity index (χ0) is 16.8. The molecule has 122 valence electrons. The topological polar surface area (TPSA) is 58.2 Å². The monoisotopic (exact) mass is 330 g/mol. The van der Waals surface area contributed by atoms with E-state index < -0.39 is 0 Å². The normalized spacial score (nSPS) is 10.6. The van der Waals surface area contributed by atoms with Crippen LogP contribution in [0.4, 0.5) is 11.4 Å². The Kier molecular flexibility index (Phi) is 5.93. The minimum atomic E-state index is -0.105. The van der Waals surface area contributed by atoms with E-state index in [9.17, 15) is 9.59 Å². The molecule has 5 heteroatoms. The Balaban J connectivity index is 1.94. The Morgan fingerprint density at radius 2 is 1.61 bits per heavy atom. The van der Waals surface area contributed by atoms with Crippen molar-refractivity contribution in [2.24, 2.45) is 5.92 Å². The van der Waals surface area contributed by atoms with E-state index in [1.54, 1.807) is 24.3 Å². The number of rotatable bonds is 6. The third-order valence-corrected chi connectivity index (χ3v) is 4.48. The fourth-order valence-electron chi connectivity index (χ4n) is 2.10. The molecule has 0 radical (unpaired) electrons. The van der Waals surface area contributed by atoms with Crippen molar-refractivity contribution in [1.82, 2.24) is 0 Å². The van der Waals surface area contributed by atoms with Crippen molar-refractivity contribution in [3.8, 4) is 0 Å². The summed E-state index contributed by atoms with van der Waals surface area (Å²) in [6.07, 6.45) is 1.43. The van der Waals surface area contributed by atoms with Crippen LogP contribution < -0.4 is 10.6 Å². The maximum atomic E-state index is 12.2. The zero-order valence-corrected chi connectivity index (χ0v) is 14.5. The van der Waals surface area contributed by atoms with Crippen molar-refractivity contribution in [3.63, 3.8) is 0 Å². The first kappa shape index (κ1) is 17.2. The quantitative estimate of drug-likeness (QED) is 0.816. The molecular formula is C18H22N2O2S. The predicted octanol–water partition coefficient (Wildman–Crippen LogP) is 4.55. The van der Waals surface area contributed by atoms with Gasteiger partial charge in [-0.25, -0.2) is 0 Å². The summed E-state index contributed by atoms with van der Waals surface area (Å²) in [5, 5.41) is 5.71. The van der Waals surface area contributed by atoms with Crippen LogP contribution in [0.2, 0.25) is 0 Å². The van der Waals surface area contributed by atoms with Crippen molar-refractivity contribution < 1.29 is 9.59 Å². The van der Waals surface area contributed by atoms with E-state index in [1.807, 2.05) is 26.0 Å². The number of benzene rings is 1. The molecule has 0 aliphatic carbocycles. The fourth-order valence-corrected chi connectivity index (χ4v) is 2.95. The van der Waals surface area contributed by atoms with Gasteiger partial charge in [0.05, 0.1) is 4.88 Å². The third-order valence-electron chi connectivity index (χ3n) is 3.25. The first-order chi connectivity index (χ1) is 11.0. The lowest BCUT2D eigenvalue weighted by atomic mass is 10.1. The summed E-state index contributed by atoms with van der Waals surface area (Å²) < 4.78 is 0. The van der Waals surface area contributed by atoms with Crippen LogP contribution in [0.1, 0.15) is 41.7 Å². The number of anilines is 2. The van der Waals surface area contributed by atoms with E-state index in [1.165, 1.54) is 16.2 Å². The molecule has 1 heterocycles. The molecule has 1 aromatic heterocycles. The van der Waals surface area contributed by atoms with E-state index in [0.29, 0.717) is 22.9 Å². The summed E-state index contributed by atoms with van der Waals surface area (Å²) in [5.41, 5.74) is 1.45. The number of hydrogen-bond acceptors (Lipinski definition) is 3. The lowest BCUT2D eigenvalue weighted by molar-refractivity contribution is -0.116. The van der Waals surface area contributed by atoms with Gasteiger partial charge in [0.25, 0.3) is 5.91 Å². The summed E-state index contributed by atoms with van der Waals surface area (Å²) >= 11 is 1.51. The second-order valence-electron chi connectivity index (χ2n) is 5.80. The SMILES string of the molecule is CCc1ccc(C(=O)Nc2ccc(NC(=O)CC(C)C)cc2)s1. The van der Waals surface area contributed by atoms with Crippen LogP contribution in [-0.4, -0.2) is 11.8 Å². The minimum Gasteiger partial charge on any atom is -0.326 e. The molecule has 4 nitrogen and oxygen atoms in total. The molecule has 2 rings (SSSR count). The van der Waals surface area contributed by atoms with Crippen LogP contribution in [0.25, 0.3) is 0 Å². The summed E-state index contributed by atoms with van der Waals surface area (Å²) in [4.78, 5) is 25.8. The lowest BCUT2D eigenvalue weighted by Crippen LogP contribution is -2.14. The second kappa shape index (κ2) is 7.92. The molecule has 2 aromatic rings. The standard InChI is InChI=1S/C18H22N2O2S/c1-4-15-9-10-16(23-15)18(22)20-14-7-5-13(6-8-14)19-17(21)11-12(2)3/h5-10,12H,4,11H2,1-3H3,(H,19,21)(H,20,22). The molecule has 0 saturated heterocycles. The Labute approximate surface area is 140 Å². The van der Waals surface area contributed by atoms with Gasteiger partial charge in [-0.15, -0.1) is 11.3 Å². The smallest absolute Gasteiger partial charge is 0.265 e. The van der Waals surface area contributed by atoms with Crippen LogP contribution in [0.5, 0.6) is 0 Å². The van der Waals surface area contributed by atoms with E-state index in [4.69, 9.17) is 0 Å². The van der Waals surface area contributed by atoms with E-state index in [-0.39, 0.29) is 11.8 Å². The Morgan fingerprint density at radius 3 is 2.13 bits per heavy atom. The maximum absolute atomic E-state index is 12.2. The molecule has 23 heavy (non-hydrogen) atoms. The molecule has 0 aliphatic rings. The molecule has 0 fully saturated rings. The highest BCUT2D eigenvalue weighted by Crippen LogP contribution is 2.20. The highest BCUT2D eigenvalue weighted by atomic mass is 32.1. The van der Waals surface area contributed by atoms with Crippen LogP contribution in [0.3, 0.4) is 0 Å². The van der Waals surface area contributed by atoms with Gasteiger partial charge >= 0.3 is 0 Å². The van der Waals surface area contributed by atoms with E-state index in [0.717, 1.165) is 12.1 Å². The summed E-state index contributed by atoms with van der Waals surface area (Å²) in [6, 6.07) is 11.0. The summed E-state index contributed by atoms with van der Waals surface area (Å²) in [7, 11) is 0. The predicted molar refractivity (Wildman–Crippen MR) is 96.2 cm³/mol.